The zero-order valence-electron chi connectivity index (χ0n) is 15.0. The minimum absolute atomic E-state index is 0.0405. The van der Waals surface area contributed by atoms with E-state index in [4.69, 9.17) is 4.74 Å². The van der Waals surface area contributed by atoms with Gasteiger partial charge in [0, 0.05) is 17.5 Å². The first-order valence-corrected chi connectivity index (χ1v) is 9.26. The quantitative estimate of drug-likeness (QED) is 0.531. The summed E-state index contributed by atoms with van der Waals surface area (Å²) in [5, 5.41) is 4.49. The molecule has 0 aliphatic heterocycles. The molecule has 1 atom stereocenters. The van der Waals surface area contributed by atoms with Crippen molar-refractivity contribution < 1.29 is 9.53 Å². The van der Waals surface area contributed by atoms with E-state index >= 15 is 0 Å². The van der Waals surface area contributed by atoms with E-state index in [2.05, 4.69) is 15.3 Å². The third-order valence-corrected chi connectivity index (χ3v) is 5.09. The molecule has 0 fully saturated rings. The molecule has 1 amide bonds. The maximum atomic E-state index is 12.5. The highest BCUT2D eigenvalue weighted by Gasteiger charge is 2.17. The monoisotopic (exact) mass is 367 g/mol. The Bertz CT molecular complexity index is 930. The number of aromatic nitrogens is 2. The van der Waals surface area contributed by atoms with Crippen molar-refractivity contribution >= 4 is 28.6 Å². The summed E-state index contributed by atoms with van der Waals surface area (Å²) in [7, 11) is 1.63. The summed E-state index contributed by atoms with van der Waals surface area (Å²) in [6.07, 6.45) is 0. The zero-order valence-corrected chi connectivity index (χ0v) is 15.8. The summed E-state index contributed by atoms with van der Waals surface area (Å²) >= 11 is 1.45. The topological polar surface area (TPSA) is 64.1 Å². The largest absolute Gasteiger partial charge is 0.496 e. The van der Waals surface area contributed by atoms with Crippen LogP contribution in [0, 0.1) is 6.92 Å². The van der Waals surface area contributed by atoms with Crippen LogP contribution in [0.25, 0.3) is 10.9 Å². The van der Waals surface area contributed by atoms with Crippen molar-refractivity contribution in [2.45, 2.75) is 30.7 Å². The third-order valence-electron chi connectivity index (χ3n) is 3.98. The van der Waals surface area contributed by atoms with Gasteiger partial charge in [-0.05, 0) is 26.0 Å². The standard InChI is InChI=1S/C20H21N3O2S/c1-13(19(24)21-12-15-8-4-7-11-18(15)25-3)26-20-16-9-5-6-10-17(16)22-14(2)23-20/h4-11,13H,12H2,1-3H3,(H,21,24)/t13-/m0/s1. The number of carbonyl (C=O) groups is 1. The number of para-hydroxylation sites is 2. The maximum absolute atomic E-state index is 12.5. The second-order valence-corrected chi connectivity index (χ2v) is 7.21. The summed E-state index contributed by atoms with van der Waals surface area (Å²) in [5.41, 5.74) is 1.84. The van der Waals surface area contributed by atoms with E-state index in [1.54, 1.807) is 7.11 Å². The van der Waals surface area contributed by atoms with Gasteiger partial charge in [-0.2, -0.15) is 0 Å². The van der Waals surface area contributed by atoms with Crippen LogP contribution < -0.4 is 10.1 Å². The van der Waals surface area contributed by atoms with Gasteiger partial charge in [-0.1, -0.05) is 48.2 Å². The van der Waals surface area contributed by atoms with Crippen LogP contribution in [0.2, 0.25) is 0 Å². The van der Waals surface area contributed by atoms with E-state index < -0.39 is 0 Å². The van der Waals surface area contributed by atoms with Crippen LogP contribution >= 0.6 is 11.8 Å². The molecule has 0 unspecified atom stereocenters. The van der Waals surface area contributed by atoms with Gasteiger partial charge in [-0.15, -0.1) is 0 Å². The Morgan fingerprint density at radius 1 is 1.15 bits per heavy atom. The summed E-state index contributed by atoms with van der Waals surface area (Å²) in [4.78, 5) is 21.5. The van der Waals surface area contributed by atoms with Crippen LogP contribution in [-0.2, 0) is 11.3 Å². The van der Waals surface area contributed by atoms with Crippen molar-refractivity contribution in [3.63, 3.8) is 0 Å². The van der Waals surface area contributed by atoms with Crippen molar-refractivity contribution in [2.24, 2.45) is 0 Å². The number of rotatable bonds is 6. The average molecular weight is 367 g/mol. The lowest BCUT2D eigenvalue weighted by molar-refractivity contribution is -0.120. The fourth-order valence-corrected chi connectivity index (χ4v) is 3.65. The molecule has 5 nitrogen and oxygen atoms in total. The molecule has 134 valence electrons. The second-order valence-electron chi connectivity index (χ2n) is 5.88. The van der Waals surface area contributed by atoms with E-state index in [-0.39, 0.29) is 11.2 Å². The summed E-state index contributed by atoms with van der Waals surface area (Å²) in [5.74, 6) is 1.43. The molecule has 0 aliphatic rings. The van der Waals surface area contributed by atoms with Crippen LogP contribution in [0.5, 0.6) is 5.75 Å². The van der Waals surface area contributed by atoms with Gasteiger partial charge in [0.25, 0.3) is 0 Å². The molecule has 0 spiro atoms. The smallest absolute Gasteiger partial charge is 0.233 e. The number of nitrogens with zero attached hydrogens (tertiary/aromatic N) is 2. The van der Waals surface area contributed by atoms with Crippen LogP contribution in [0.15, 0.2) is 53.6 Å². The lowest BCUT2D eigenvalue weighted by atomic mass is 10.2. The number of carbonyl (C=O) groups excluding carboxylic acids is 1. The lowest BCUT2D eigenvalue weighted by Gasteiger charge is -2.14. The van der Waals surface area contributed by atoms with Crippen molar-refractivity contribution in [2.75, 3.05) is 7.11 Å². The van der Waals surface area contributed by atoms with E-state index in [0.29, 0.717) is 12.4 Å². The normalized spacial score (nSPS) is 12.0. The molecule has 1 heterocycles. The number of nitrogens with one attached hydrogen (secondary N) is 1. The molecule has 26 heavy (non-hydrogen) atoms. The molecule has 1 aromatic heterocycles. The van der Waals surface area contributed by atoms with Crippen LogP contribution in [0.4, 0.5) is 0 Å². The first-order valence-electron chi connectivity index (χ1n) is 8.38. The van der Waals surface area contributed by atoms with Gasteiger partial charge in [0.2, 0.25) is 5.91 Å². The number of hydrogen-bond donors (Lipinski definition) is 1. The molecule has 3 aromatic rings. The van der Waals surface area contributed by atoms with Gasteiger partial charge in [0.05, 0.1) is 17.9 Å². The first-order chi connectivity index (χ1) is 12.6. The molecule has 6 heteroatoms. The van der Waals surface area contributed by atoms with Gasteiger partial charge in [-0.25, -0.2) is 9.97 Å². The summed E-state index contributed by atoms with van der Waals surface area (Å²) in [6, 6.07) is 15.5. The SMILES string of the molecule is COc1ccccc1CNC(=O)[C@H](C)Sc1nc(C)nc2ccccc12. The Morgan fingerprint density at radius 2 is 1.88 bits per heavy atom. The molecule has 2 aromatic carbocycles. The Labute approximate surface area is 157 Å². The molecule has 1 N–H and O–H groups in total. The van der Waals surface area contributed by atoms with E-state index in [0.717, 1.165) is 27.2 Å². The van der Waals surface area contributed by atoms with Crippen molar-refractivity contribution in [3.05, 3.63) is 59.9 Å². The van der Waals surface area contributed by atoms with Gasteiger partial charge in [0.1, 0.15) is 16.6 Å². The predicted molar refractivity (Wildman–Crippen MR) is 104 cm³/mol. The minimum atomic E-state index is -0.276. The number of fused-ring (bicyclic) bond motifs is 1. The van der Waals surface area contributed by atoms with Gasteiger partial charge >= 0.3 is 0 Å². The number of methoxy groups -OCH3 is 1. The van der Waals surface area contributed by atoms with Crippen molar-refractivity contribution in [1.82, 2.24) is 15.3 Å². The molecular formula is C20H21N3O2S. The lowest BCUT2D eigenvalue weighted by Crippen LogP contribution is -2.30. The van der Waals surface area contributed by atoms with Crippen LogP contribution in [-0.4, -0.2) is 28.2 Å². The number of amides is 1. The number of benzene rings is 2. The molecule has 0 bridgehead atoms. The predicted octanol–water partition coefficient (Wildman–Crippen LogP) is 3.74. The van der Waals surface area contributed by atoms with E-state index in [1.807, 2.05) is 62.4 Å². The van der Waals surface area contributed by atoms with Crippen molar-refractivity contribution in [1.29, 1.82) is 0 Å². The first kappa shape index (κ1) is 18.2. The Kier molecular flexibility index (Phi) is 5.73. The Hall–Kier alpha value is -2.60. The fraction of sp³-hybridized carbons (Fsp3) is 0.250. The summed E-state index contributed by atoms with van der Waals surface area (Å²) in [6.45, 7) is 4.18. The van der Waals surface area contributed by atoms with Gasteiger partial charge in [0.15, 0.2) is 0 Å². The number of ether oxygens (including phenoxy) is 1. The van der Waals surface area contributed by atoms with Gasteiger partial charge < -0.3 is 10.1 Å². The van der Waals surface area contributed by atoms with Gasteiger partial charge in [-0.3, -0.25) is 4.79 Å². The maximum Gasteiger partial charge on any atom is 0.233 e. The van der Waals surface area contributed by atoms with Crippen LogP contribution in [0.1, 0.15) is 18.3 Å². The molecule has 0 saturated carbocycles. The molecule has 3 rings (SSSR count). The van der Waals surface area contributed by atoms with Crippen molar-refractivity contribution in [3.8, 4) is 5.75 Å². The number of thioether (sulfide) groups is 1. The number of aryl methyl sites for hydroxylation is 1. The highest BCUT2D eigenvalue weighted by Crippen LogP contribution is 2.28. The molecule has 0 saturated heterocycles. The van der Waals surface area contributed by atoms with E-state index in [1.165, 1.54) is 11.8 Å². The molecule has 0 radical (unpaired) electrons. The molecule has 0 aliphatic carbocycles. The summed E-state index contributed by atoms with van der Waals surface area (Å²) < 4.78 is 5.32. The third kappa shape index (κ3) is 4.14. The highest BCUT2D eigenvalue weighted by molar-refractivity contribution is 8.00. The zero-order chi connectivity index (χ0) is 18.5. The van der Waals surface area contributed by atoms with E-state index in [9.17, 15) is 4.79 Å². The Balaban J connectivity index is 1.70. The average Bonchev–Trinajstić information content (AvgIpc) is 2.66. The molecular weight excluding hydrogens is 346 g/mol. The second kappa shape index (κ2) is 8.19. The number of hydrogen-bond acceptors (Lipinski definition) is 5. The highest BCUT2D eigenvalue weighted by atomic mass is 32.2. The fourth-order valence-electron chi connectivity index (χ4n) is 2.64. The Morgan fingerprint density at radius 3 is 2.69 bits per heavy atom. The van der Waals surface area contributed by atoms with Crippen LogP contribution in [0.3, 0.4) is 0 Å². The minimum Gasteiger partial charge on any atom is -0.496 e.